The second kappa shape index (κ2) is 7.95. The first-order valence-corrected chi connectivity index (χ1v) is 10.3. The Bertz CT molecular complexity index is 1090. The number of thioether (sulfide) groups is 1. The lowest BCUT2D eigenvalue weighted by molar-refractivity contribution is -0.113. The maximum atomic E-state index is 12.1. The molecule has 0 aliphatic heterocycles. The van der Waals surface area contributed by atoms with Gasteiger partial charge in [0.1, 0.15) is 5.69 Å². The fraction of sp³-hybridized carbons (Fsp3) is 0.167. The highest BCUT2D eigenvalue weighted by Crippen LogP contribution is 2.31. The number of nitrogens with zero attached hydrogens (tertiary/aromatic N) is 6. The van der Waals surface area contributed by atoms with E-state index in [1.807, 2.05) is 60.6 Å². The van der Waals surface area contributed by atoms with Crippen molar-refractivity contribution in [1.29, 1.82) is 0 Å². The molecule has 0 atom stereocenters. The highest BCUT2D eigenvalue weighted by atomic mass is 32.2. The summed E-state index contributed by atoms with van der Waals surface area (Å²) < 4.78 is 3.64. The number of amides is 1. The number of aryl methyl sites for hydroxylation is 1. The molecular weight excluding hydrogens is 394 g/mol. The maximum Gasteiger partial charge on any atom is 0.236 e. The molecule has 142 valence electrons. The second-order valence-corrected chi connectivity index (χ2v) is 7.81. The Morgan fingerprint density at radius 3 is 2.79 bits per heavy atom. The van der Waals surface area contributed by atoms with E-state index < -0.39 is 0 Å². The summed E-state index contributed by atoms with van der Waals surface area (Å²) in [6.45, 7) is 0. The van der Waals surface area contributed by atoms with E-state index >= 15 is 0 Å². The van der Waals surface area contributed by atoms with Gasteiger partial charge >= 0.3 is 0 Å². The number of benzene rings is 1. The van der Waals surface area contributed by atoms with E-state index in [1.165, 1.54) is 23.1 Å². The summed E-state index contributed by atoms with van der Waals surface area (Å²) in [6.07, 6.45) is 3.58. The minimum atomic E-state index is -0.129. The van der Waals surface area contributed by atoms with E-state index in [9.17, 15) is 4.79 Å². The molecule has 0 saturated heterocycles. The van der Waals surface area contributed by atoms with E-state index in [0.717, 1.165) is 16.8 Å². The van der Waals surface area contributed by atoms with E-state index in [1.54, 1.807) is 10.9 Å². The summed E-state index contributed by atoms with van der Waals surface area (Å²) in [5.41, 5.74) is 2.75. The Balaban J connectivity index is 1.54. The molecule has 4 rings (SSSR count). The molecule has 4 aromatic rings. The van der Waals surface area contributed by atoms with Crippen LogP contribution in [0.5, 0.6) is 0 Å². The molecule has 3 heterocycles. The molecule has 0 radical (unpaired) electrons. The summed E-state index contributed by atoms with van der Waals surface area (Å²) in [4.78, 5) is 16.1. The predicted molar refractivity (Wildman–Crippen MR) is 110 cm³/mol. The van der Waals surface area contributed by atoms with Crippen molar-refractivity contribution in [3.8, 4) is 22.6 Å². The van der Waals surface area contributed by atoms with Crippen LogP contribution >= 0.6 is 23.1 Å². The van der Waals surface area contributed by atoms with Crippen LogP contribution in [-0.2, 0) is 18.9 Å². The van der Waals surface area contributed by atoms with E-state index in [2.05, 4.69) is 25.6 Å². The van der Waals surface area contributed by atoms with Gasteiger partial charge in [0, 0.05) is 37.4 Å². The average molecular weight is 412 g/mol. The van der Waals surface area contributed by atoms with Crippen LogP contribution in [0, 0.1) is 0 Å². The van der Waals surface area contributed by atoms with E-state index in [-0.39, 0.29) is 11.7 Å². The zero-order valence-electron chi connectivity index (χ0n) is 15.2. The number of carbonyl (C=O) groups is 1. The van der Waals surface area contributed by atoms with Crippen molar-refractivity contribution in [2.75, 3.05) is 11.1 Å². The molecular formula is C18H17N7OS2. The lowest BCUT2D eigenvalue weighted by Gasteiger charge is -2.04. The smallest absolute Gasteiger partial charge is 0.236 e. The van der Waals surface area contributed by atoms with Gasteiger partial charge in [0.05, 0.1) is 11.3 Å². The molecule has 0 fully saturated rings. The molecule has 1 amide bonds. The molecule has 3 aromatic heterocycles. The number of rotatable bonds is 6. The fourth-order valence-electron chi connectivity index (χ4n) is 2.71. The van der Waals surface area contributed by atoms with Crippen molar-refractivity contribution < 1.29 is 4.79 Å². The molecule has 10 heteroatoms. The Kier molecular flexibility index (Phi) is 5.22. The number of nitrogens with one attached hydrogen (secondary N) is 1. The summed E-state index contributed by atoms with van der Waals surface area (Å²) in [5.74, 6) is 0.801. The van der Waals surface area contributed by atoms with E-state index in [0.29, 0.717) is 16.1 Å². The fourth-order valence-corrected chi connectivity index (χ4v) is 3.96. The quantitative estimate of drug-likeness (QED) is 0.491. The number of hydrogen-bond donors (Lipinski definition) is 1. The Morgan fingerprint density at radius 2 is 2.04 bits per heavy atom. The third kappa shape index (κ3) is 3.82. The van der Waals surface area contributed by atoms with Crippen LogP contribution < -0.4 is 5.32 Å². The molecule has 1 aromatic carbocycles. The van der Waals surface area contributed by atoms with Crippen LogP contribution in [0.4, 0.5) is 5.13 Å². The van der Waals surface area contributed by atoms with Gasteiger partial charge in [0.25, 0.3) is 0 Å². The number of hydrogen-bond acceptors (Lipinski definition) is 7. The number of carbonyl (C=O) groups excluding carboxylic acids is 1. The third-order valence-electron chi connectivity index (χ3n) is 3.96. The number of aromatic nitrogens is 6. The molecule has 0 aliphatic carbocycles. The van der Waals surface area contributed by atoms with Crippen LogP contribution in [-0.4, -0.2) is 41.2 Å². The van der Waals surface area contributed by atoms with Crippen molar-refractivity contribution in [1.82, 2.24) is 29.5 Å². The Labute approximate surface area is 169 Å². The topological polar surface area (TPSA) is 90.5 Å². The third-order valence-corrected chi connectivity index (χ3v) is 5.67. The molecule has 0 spiro atoms. The number of thiazole rings is 1. The van der Waals surface area contributed by atoms with Gasteiger partial charge in [-0.05, 0) is 0 Å². The lowest BCUT2D eigenvalue weighted by atomic mass is 10.1. The van der Waals surface area contributed by atoms with Gasteiger partial charge in [-0.1, -0.05) is 42.1 Å². The summed E-state index contributed by atoms with van der Waals surface area (Å²) in [7, 11) is 3.77. The zero-order valence-corrected chi connectivity index (χ0v) is 16.9. The van der Waals surface area contributed by atoms with Crippen LogP contribution in [0.1, 0.15) is 0 Å². The molecule has 0 unspecified atom stereocenters. The zero-order chi connectivity index (χ0) is 19.5. The molecule has 28 heavy (non-hydrogen) atoms. The van der Waals surface area contributed by atoms with Gasteiger partial charge in [-0.15, -0.1) is 21.5 Å². The normalized spacial score (nSPS) is 10.9. The molecule has 0 saturated carbocycles. The Morgan fingerprint density at radius 1 is 1.21 bits per heavy atom. The summed E-state index contributed by atoms with van der Waals surface area (Å²) in [5, 5.41) is 19.0. The Hall–Kier alpha value is -2.98. The van der Waals surface area contributed by atoms with Crippen LogP contribution in [0.25, 0.3) is 22.6 Å². The SMILES string of the molecule is Cn1cc(-c2nnc(SCC(=O)Nc3nccs3)n2C)c(-c2ccccc2)n1. The van der Waals surface area contributed by atoms with Crippen LogP contribution in [0.2, 0.25) is 0 Å². The van der Waals surface area contributed by atoms with Gasteiger partial charge < -0.3 is 9.88 Å². The van der Waals surface area contributed by atoms with Crippen molar-refractivity contribution in [3.05, 3.63) is 48.1 Å². The first kappa shape index (κ1) is 18.4. The maximum absolute atomic E-state index is 12.1. The highest BCUT2D eigenvalue weighted by Gasteiger charge is 2.19. The largest absolute Gasteiger partial charge is 0.305 e. The van der Waals surface area contributed by atoms with Crippen LogP contribution in [0.3, 0.4) is 0 Å². The second-order valence-electron chi connectivity index (χ2n) is 5.97. The predicted octanol–water partition coefficient (Wildman–Crippen LogP) is 3.07. The molecule has 1 N–H and O–H groups in total. The lowest BCUT2D eigenvalue weighted by Crippen LogP contribution is -2.14. The minimum Gasteiger partial charge on any atom is -0.305 e. The molecule has 0 bridgehead atoms. The van der Waals surface area contributed by atoms with Crippen molar-refractivity contribution in [3.63, 3.8) is 0 Å². The highest BCUT2D eigenvalue weighted by molar-refractivity contribution is 7.99. The van der Waals surface area contributed by atoms with Gasteiger partial charge in [-0.25, -0.2) is 4.98 Å². The van der Waals surface area contributed by atoms with Gasteiger partial charge in [0.15, 0.2) is 16.1 Å². The first-order chi connectivity index (χ1) is 13.6. The first-order valence-electron chi connectivity index (χ1n) is 8.43. The summed E-state index contributed by atoms with van der Waals surface area (Å²) in [6, 6.07) is 9.96. The van der Waals surface area contributed by atoms with Gasteiger partial charge in [-0.2, -0.15) is 5.10 Å². The van der Waals surface area contributed by atoms with Crippen LogP contribution in [0.15, 0.2) is 53.3 Å². The minimum absolute atomic E-state index is 0.129. The average Bonchev–Trinajstić information content (AvgIpc) is 3.42. The molecule has 8 nitrogen and oxygen atoms in total. The van der Waals surface area contributed by atoms with Crippen molar-refractivity contribution >= 4 is 34.1 Å². The summed E-state index contributed by atoms with van der Waals surface area (Å²) >= 11 is 2.71. The van der Waals surface area contributed by atoms with Crippen molar-refractivity contribution in [2.24, 2.45) is 14.1 Å². The van der Waals surface area contributed by atoms with Crippen molar-refractivity contribution in [2.45, 2.75) is 5.16 Å². The number of anilines is 1. The molecule has 0 aliphatic rings. The van der Waals surface area contributed by atoms with Gasteiger partial charge in [0.2, 0.25) is 5.91 Å². The monoisotopic (exact) mass is 411 g/mol. The standard InChI is InChI=1S/C18H17N7OS2/c1-24-10-13(15(23-24)12-6-4-3-5-7-12)16-21-22-18(25(16)2)28-11-14(26)20-17-19-8-9-27-17/h3-10H,11H2,1-2H3,(H,19,20,26). The van der Waals surface area contributed by atoms with E-state index in [4.69, 9.17) is 0 Å². The van der Waals surface area contributed by atoms with Gasteiger partial charge in [-0.3, -0.25) is 9.48 Å².